The minimum Gasteiger partial charge on any atom is -0.450 e. The standard InChI is InChI=1S/C7H14N2O3/c1-4-12-7(11)9(3)5-8-6(2)10/h4-5H2,1-3H3,(H,8,10). The average molecular weight is 174 g/mol. The van der Waals surface area contributed by atoms with Crippen molar-refractivity contribution in [3.63, 3.8) is 0 Å². The predicted molar refractivity (Wildman–Crippen MR) is 43.5 cm³/mol. The molecule has 0 aliphatic rings. The Bertz CT molecular complexity index is 170. The van der Waals surface area contributed by atoms with Crippen LogP contribution in [0.1, 0.15) is 13.8 Å². The fraction of sp³-hybridized carbons (Fsp3) is 0.714. The third-order valence-corrected chi connectivity index (χ3v) is 1.14. The maximum absolute atomic E-state index is 10.9. The lowest BCUT2D eigenvalue weighted by molar-refractivity contribution is -0.119. The van der Waals surface area contributed by atoms with Crippen LogP contribution in [0.2, 0.25) is 0 Å². The molecule has 5 nitrogen and oxygen atoms in total. The number of hydrogen-bond acceptors (Lipinski definition) is 3. The van der Waals surface area contributed by atoms with Crippen molar-refractivity contribution in [2.24, 2.45) is 0 Å². The highest BCUT2D eigenvalue weighted by molar-refractivity contribution is 5.73. The van der Waals surface area contributed by atoms with E-state index in [1.54, 1.807) is 14.0 Å². The van der Waals surface area contributed by atoms with Gasteiger partial charge in [0.05, 0.1) is 13.3 Å². The molecule has 0 aromatic heterocycles. The van der Waals surface area contributed by atoms with Crippen molar-refractivity contribution in [1.82, 2.24) is 10.2 Å². The molecule has 0 saturated carbocycles. The lowest BCUT2D eigenvalue weighted by atomic mass is 10.7. The lowest BCUT2D eigenvalue weighted by Gasteiger charge is -2.15. The maximum Gasteiger partial charge on any atom is 0.410 e. The molecule has 70 valence electrons. The number of hydrogen-bond donors (Lipinski definition) is 1. The molecular formula is C7H14N2O3. The molecule has 0 saturated heterocycles. The van der Waals surface area contributed by atoms with Crippen molar-refractivity contribution in [3.05, 3.63) is 0 Å². The summed E-state index contributed by atoms with van der Waals surface area (Å²) < 4.78 is 4.67. The van der Waals surface area contributed by atoms with Gasteiger partial charge in [-0.15, -0.1) is 0 Å². The summed E-state index contributed by atoms with van der Waals surface area (Å²) in [5, 5.41) is 2.47. The van der Waals surface area contributed by atoms with Crippen molar-refractivity contribution in [1.29, 1.82) is 0 Å². The van der Waals surface area contributed by atoms with E-state index in [1.165, 1.54) is 11.8 Å². The smallest absolute Gasteiger partial charge is 0.410 e. The van der Waals surface area contributed by atoms with E-state index >= 15 is 0 Å². The fourth-order valence-corrected chi connectivity index (χ4v) is 0.528. The van der Waals surface area contributed by atoms with Gasteiger partial charge < -0.3 is 10.1 Å². The second kappa shape index (κ2) is 5.40. The van der Waals surface area contributed by atoms with E-state index in [0.29, 0.717) is 6.61 Å². The van der Waals surface area contributed by atoms with Gasteiger partial charge in [0.1, 0.15) is 0 Å². The maximum atomic E-state index is 10.9. The molecule has 0 rings (SSSR count). The minimum absolute atomic E-state index is 0.175. The van der Waals surface area contributed by atoms with Crippen molar-refractivity contribution < 1.29 is 14.3 Å². The molecule has 1 N–H and O–H groups in total. The van der Waals surface area contributed by atoms with Crippen molar-refractivity contribution >= 4 is 12.0 Å². The Morgan fingerprint density at radius 3 is 2.50 bits per heavy atom. The number of amides is 2. The molecule has 0 aromatic carbocycles. The third-order valence-electron chi connectivity index (χ3n) is 1.14. The van der Waals surface area contributed by atoms with Crippen LogP contribution >= 0.6 is 0 Å². The van der Waals surface area contributed by atoms with Crippen molar-refractivity contribution in [2.45, 2.75) is 13.8 Å². The van der Waals surface area contributed by atoms with Crippen LogP contribution in [0.15, 0.2) is 0 Å². The predicted octanol–water partition coefficient (Wildman–Crippen LogP) is 0.168. The van der Waals surface area contributed by atoms with Crippen LogP contribution in [0, 0.1) is 0 Å². The summed E-state index contributed by atoms with van der Waals surface area (Å²) in [5.41, 5.74) is 0. The van der Waals surface area contributed by atoms with Crippen LogP contribution in [-0.2, 0) is 9.53 Å². The van der Waals surface area contributed by atoms with Gasteiger partial charge in [-0.1, -0.05) is 0 Å². The van der Waals surface area contributed by atoms with E-state index in [2.05, 4.69) is 10.1 Å². The summed E-state index contributed by atoms with van der Waals surface area (Å²) in [6.45, 7) is 3.63. The van der Waals surface area contributed by atoms with Gasteiger partial charge >= 0.3 is 6.09 Å². The van der Waals surface area contributed by atoms with Gasteiger partial charge in [-0.05, 0) is 6.92 Å². The van der Waals surface area contributed by atoms with Crippen LogP contribution in [0.25, 0.3) is 0 Å². The first-order valence-corrected chi connectivity index (χ1v) is 3.70. The minimum atomic E-state index is -0.439. The van der Waals surface area contributed by atoms with E-state index < -0.39 is 6.09 Å². The number of ether oxygens (including phenoxy) is 1. The second-order valence-electron chi connectivity index (χ2n) is 2.29. The number of nitrogens with zero attached hydrogens (tertiary/aromatic N) is 1. The molecule has 0 unspecified atom stereocenters. The lowest BCUT2D eigenvalue weighted by Crippen LogP contribution is -2.38. The van der Waals surface area contributed by atoms with E-state index in [1.807, 2.05) is 0 Å². The molecule has 12 heavy (non-hydrogen) atoms. The van der Waals surface area contributed by atoms with Crippen molar-refractivity contribution in [2.75, 3.05) is 20.3 Å². The largest absolute Gasteiger partial charge is 0.450 e. The second-order valence-corrected chi connectivity index (χ2v) is 2.29. The Labute approximate surface area is 71.7 Å². The van der Waals surface area contributed by atoms with Crippen LogP contribution < -0.4 is 5.32 Å². The molecular weight excluding hydrogens is 160 g/mol. The summed E-state index contributed by atoms with van der Waals surface area (Å²) in [4.78, 5) is 22.6. The molecule has 0 spiro atoms. The van der Waals surface area contributed by atoms with Crippen molar-refractivity contribution in [3.8, 4) is 0 Å². The molecule has 0 aliphatic carbocycles. The summed E-state index contributed by atoms with van der Waals surface area (Å²) in [6, 6.07) is 0. The first-order valence-electron chi connectivity index (χ1n) is 3.70. The zero-order valence-electron chi connectivity index (χ0n) is 7.59. The van der Waals surface area contributed by atoms with Gasteiger partial charge in [0, 0.05) is 14.0 Å². The molecule has 0 heterocycles. The summed E-state index contributed by atoms with van der Waals surface area (Å²) >= 11 is 0. The summed E-state index contributed by atoms with van der Waals surface area (Å²) in [6.07, 6.45) is -0.439. The Morgan fingerprint density at radius 2 is 2.08 bits per heavy atom. The summed E-state index contributed by atoms with van der Waals surface area (Å²) in [7, 11) is 1.55. The molecule has 0 aromatic rings. The third kappa shape index (κ3) is 4.54. The SMILES string of the molecule is CCOC(=O)N(C)CNC(C)=O. The topological polar surface area (TPSA) is 58.6 Å². The Hall–Kier alpha value is -1.26. The Morgan fingerprint density at radius 1 is 1.50 bits per heavy atom. The van der Waals surface area contributed by atoms with Crippen LogP contribution in [-0.4, -0.2) is 37.2 Å². The van der Waals surface area contributed by atoms with Crippen LogP contribution in [0.4, 0.5) is 4.79 Å². The average Bonchev–Trinajstić information content (AvgIpc) is 2.00. The van der Waals surface area contributed by atoms with Crippen LogP contribution in [0.5, 0.6) is 0 Å². The number of carbonyl (C=O) groups excluding carboxylic acids is 2. The molecule has 2 amide bonds. The Kier molecular flexibility index (Phi) is 4.83. The van der Waals surface area contributed by atoms with Gasteiger partial charge in [-0.3, -0.25) is 9.69 Å². The number of nitrogens with one attached hydrogen (secondary N) is 1. The van der Waals surface area contributed by atoms with Gasteiger partial charge in [0.2, 0.25) is 5.91 Å². The molecule has 0 aliphatic heterocycles. The summed E-state index contributed by atoms with van der Waals surface area (Å²) in [5.74, 6) is -0.175. The van der Waals surface area contributed by atoms with Gasteiger partial charge in [-0.25, -0.2) is 4.79 Å². The quantitative estimate of drug-likeness (QED) is 0.620. The molecule has 0 fully saturated rings. The highest BCUT2D eigenvalue weighted by Crippen LogP contribution is 1.86. The Balaban J connectivity index is 3.63. The monoisotopic (exact) mass is 174 g/mol. The molecule has 5 heteroatoms. The van der Waals surface area contributed by atoms with Crippen LogP contribution in [0.3, 0.4) is 0 Å². The van der Waals surface area contributed by atoms with Gasteiger partial charge in [0.15, 0.2) is 0 Å². The molecule has 0 bridgehead atoms. The zero-order chi connectivity index (χ0) is 9.56. The number of carbonyl (C=O) groups is 2. The molecule has 0 radical (unpaired) electrons. The van der Waals surface area contributed by atoms with E-state index in [-0.39, 0.29) is 12.6 Å². The zero-order valence-corrected chi connectivity index (χ0v) is 7.59. The highest BCUT2D eigenvalue weighted by Gasteiger charge is 2.07. The highest BCUT2D eigenvalue weighted by atomic mass is 16.6. The molecule has 0 atom stereocenters. The van der Waals surface area contributed by atoms with E-state index in [0.717, 1.165) is 0 Å². The first-order chi connectivity index (χ1) is 5.57. The normalized spacial score (nSPS) is 8.92. The van der Waals surface area contributed by atoms with Gasteiger partial charge in [0.25, 0.3) is 0 Å². The van der Waals surface area contributed by atoms with E-state index in [4.69, 9.17) is 0 Å². The first kappa shape index (κ1) is 10.7. The fourth-order valence-electron chi connectivity index (χ4n) is 0.528. The van der Waals surface area contributed by atoms with Gasteiger partial charge in [-0.2, -0.15) is 0 Å². The van der Waals surface area contributed by atoms with E-state index in [9.17, 15) is 9.59 Å². The number of rotatable bonds is 3.